The molecule has 3 aromatic rings. The average molecular weight is 637 g/mol. The number of nitrogens with zero attached hydrogens (tertiary/aromatic N) is 3. The molecule has 0 spiro atoms. The fourth-order valence-corrected chi connectivity index (χ4v) is 6.53. The van der Waals surface area contributed by atoms with E-state index in [1.54, 1.807) is 36.4 Å². The smallest absolute Gasteiger partial charge is 0.259 e. The van der Waals surface area contributed by atoms with E-state index in [0.717, 1.165) is 36.7 Å². The number of hydrogen-bond donors (Lipinski definition) is 1. The average Bonchev–Trinajstić information content (AvgIpc) is 3.35. The first-order chi connectivity index (χ1) is 22.8. The summed E-state index contributed by atoms with van der Waals surface area (Å²) in [5.41, 5.74) is 4.76. The number of rotatable bonds is 11. The lowest BCUT2D eigenvalue weighted by Gasteiger charge is -2.34. The number of nitriles is 1. The van der Waals surface area contributed by atoms with Crippen LogP contribution >= 0.6 is 0 Å². The van der Waals surface area contributed by atoms with E-state index in [9.17, 15) is 18.8 Å². The molecule has 242 valence electrons. The van der Waals surface area contributed by atoms with Crippen molar-refractivity contribution in [1.29, 1.82) is 5.26 Å². The van der Waals surface area contributed by atoms with E-state index in [2.05, 4.69) is 5.32 Å². The van der Waals surface area contributed by atoms with Crippen molar-refractivity contribution in [2.24, 2.45) is 5.92 Å². The number of halogens is 2. The van der Waals surface area contributed by atoms with Crippen LogP contribution in [-0.4, -0.2) is 44.3 Å². The molecule has 2 heterocycles. The number of likely N-dealkylation sites (N-methyl/N-ethyl adjacent to an activating group) is 1. The van der Waals surface area contributed by atoms with E-state index < -0.39 is 6.04 Å². The highest BCUT2D eigenvalue weighted by atomic mass is 19.1. The zero-order valence-electron chi connectivity index (χ0n) is 26.6. The van der Waals surface area contributed by atoms with Crippen LogP contribution in [0.4, 0.5) is 20.2 Å². The molecule has 2 aliphatic rings. The Bertz CT molecular complexity index is 1770. The molecule has 0 saturated carbocycles. The molecule has 0 bridgehead atoms. The Morgan fingerprint density at radius 1 is 1.04 bits per heavy atom. The van der Waals surface area contributed by atoms with Crippen molar-refractivity contribution in [3.8, 4) is 6.07 Å². The second kappa shape index (κ2) is 15.0. The van der Waals surface area contributed by atoms with Gasteiger partial charge in [0, 0.05) is 44.1 Å². The summed E-state index contributed by atoms with van der Waals surface area (Å²) in [6, 6.07) is 16.6. The quantitative estimate of drug-likeness (QED) is 0.197. The standard InChI is InChI=1S/C38H38F2N4O3/c1-3-4-6-30-31-21-27(9-12-34(31)44(38(30)47)36(7-5-18-45)37(46)42-2)20-29-11-8-26(22-32(29)39)19-25-14-16-43(17-15-25)35-13-10-28(24-41)23-33(35)40/h3-4,6,8-13,18,21-23,25,36H,5,7,14-17,19-20H2,1-2H3,(H,42,46)/b4-3-,30-6+. The maximum Gasteiger partial charge on any atom is 0.259 e. The summed E-state index contributed by atoms with van der Waals surface area (Å²) in [4.78, 5) is 41.0. The van der Waals surface area contributed by atoms with Crippen LogP contribution in [-0.2, 0) is 27.2 Å². The van der Waals surface area contributed by atoms with Gasteiger partial charge in [-0.05, 0) is 97.7 Å². The summed E-state index contributed by atoms with van der Waals surface area (Å²) in [5, 5.41) is 11.6. The first-order valence-corrected chi connectivity index (χ1v) is 15.9. The monoisotopic (exact) mass is 636 g/mol. The van der Waals surface area contributed by atoms with Gasteiger partial charge in [-0.2, -0.15) is 5.26 Å². The lowest BCUT2D eigenvalue weighted by Crippen LogP contribution is -2.47. The fraction of sp³-hybridized carbons (Fsp3) is 0.316. The molecule has 1 saturated heterocycles. The summed E-state index contributed by atoms with van der Waals surface area (Å²) in [6.45, 7) is 3.23. The highest BCUT2D eigenvalue weighted by molar-refractivity contribution is 6.34. The van der Waals surface area contributed by atoms with Gasteiger partial charge >= 0.3 is 0 Å². The van der Waals surface area contributed by atoms with Crippen LogP contribution in [0.2, 0.25) is 0 Å². The first kappa shape index (κ1) is 33.3. The predicted octanol–water partition coefficient (Wildman–Crippen LogP) is 6.29. The minimum absolute atomic E-state index is 0.135. The maximum absolute atomic E-state index is 15.4. The van der Waals surface area contributed by atoms with Crippen molar-refractivity contribution in [2.75, 3.05) is 29.9 Å². The zero-order valence-corrected chi connectivity index (χ0v) is 26.6. The second-order valence-corrected chi connectivity index (χ2v) is 12.0. The molecule has 47 heavy (non-hydrogen) atoms. The van der Waals surface area contributed by atoms with Crippen molar-refractivity contribution >= 4 is 35.0 Å². The van der Waals surface area contributed by atoms with Gasteiger partial charge in [-0.3, -0.25) is 14.5 Å². The van der Waals surface area contributed by atoms with Gasteiger partial charge < -0.3 is 15.0 Å². The normalized spacial score (nSPS) is 16.4. The fourth-order valence-electron chi connectivity index (χ4n) is 6.53. The van der Waals surface area contributed by atoms with Gasteiger partial charge in [-0.15, -0.1) is 0 Å². The third-order valence-electron chi connectivity index (χ3n) is 9.00. The van der Waals surface area contributed by atoms with Crippen molar-refractivity contribution in [2.45, 2.75) is 51.5 Å². The van der Waals surface area contributed by atoms with Crippen molar-refractivity contribution in [3.05, 3.63) is 112 Å². The van der Waals surface area contributed by atoms with E-state index in [4.69, 9.17) is 5.26 Å². The molecule has 1 unspecified atom stereocenters. The zero-order chi connectivity index (χ0) is 33.5. The number of aldehydes is 1. The Hall–Kier alpha value is -5.10. The summed E-state index contributed by atoms with van der Waals surface area (Å²) < 4.78 is 29.9. The molecule has 1 N–H and O–H groups in total. The predicted molar refractivity (Wildman–Crippen MR) is 179 cm³/mol. The van der Waals surface area contributed by atoms with Crippen LogP contribution in [0.25, 0.3) is 5.57 Å². The van der Waals surface area contributed by atoms with E-state index in [1.165, 1.54) is 18.0 Å². The highest BCUT2D eigenvalue weighted by Crippen LogP contribution is 2.40. The SMILES string of the molecule is C/C=C\C=C1\C(=O)N(C(CCC=O)C(=O)NC)c2ccc(Cc3ccc(CC4CCN(c5ccc(C#N)cc5F)CC4)cc3F)cc21. The van der Waals surface area contributed by atoms with E-state index in [1.807, 2.05) is 48.2 Å². The van der Waals surface area contributed by atoms with Crippen LogP contribution < -0.4 is 15.1 Å². The molecule has 7 nitrogen and oxygen atoms in total. The lowest BCUT2D eigenvalue weighted by molar-refractivity contribution is -0.124. The van der Waals surface area contributed by atoms with Crippen LogP contribution in [0.3, 0.4) is 0 Å². The number of piperidine rings is 1. The molecule has 0 aliphatic carbocycles. The molecule has 2 aliphatic heterocycles. The van der Waals surface area contributed by atoms with Crippen LogP contribution in [0, 0.1) is 28.9 Å². The topological polar surface area (TPSA) is 93.5 Å². The number of amides is 2. The van der Waals surface area contributed by atoms with Gasteiger partial charge in [0.05, 0.1) is 23.0 Å². The van der Waals surface area contributed by atoms with Gasteiger partial charge in [0.2, 0.25) is 5.91 Å². The van der Waals surface area contributed by atoms with Gasteiger partial charge in [0.1, 0.15) is 24.0 Å². The number of benzene rings is 3. The van der Waals surface area contributed by atoms with Gasteiger partial charge in [-0.1, -0.05) is 30.4 Å². The highest BCUT2D eigenvalue weighted by Gasteiger charge is 2.39. The third kappa shape index (κ3) is 7.33. The third-order valence-corrected chi connectivity index (χ3v) is 9.00. The summed E-state index contributed by atoms with van der Waals surface area (Å²) in [5.74, 6) is -1.01. The van der Waals surface area contributed by atoms with E-state index in [-0.39, 0.29) is 36.3 Å². The molecule has 9 heteroatoms. The number of fused-ring (bicyclic) bond motifs is 1. The molecule has 1 fully saturated rings. The van der Waals surface area contributed by atoms with Gasteiger partial charge in [-0.25, -0.2) is 8.78 Å². The lowest BCUT2D eigenvalue weighted by atomic mass is 9.89. The minimum Gasteiger partial charge on any atom is -0.369 e. The summed E-state index contributed by atoms with van der Waals surface area (Å²) in [6.07, 6.45) is 9.12. The Morgan fingerprint density at radius 2 is 1.79 bits per heavy atom. The Morgan fingerprint density at radius 3 is 2.45 bits per heavy atom. The molecule has 5 rings (SSSR count). The number of hydrogen-bond acceptors (Lipinski definition) is 5. The molecule has 0 aromatic heterocycles. The summed E-state index contributed by atoms with van der Waals surface area (Å²) >= 11 is 0. The van der Waals surface area contributed by atoms with Crippen LogP contribution in [0.15, 0.2) is 72.8 Å². The van der Waals surface area contributed by atoms with Crippen LogP contribution in [0.1, 0.15) is 60.4 Å². The van der Waals surface area contributed by atoms with Crippen molar-refractivity contribution in [3.63, 3.8) is 0 Å². The van der Waals surface area contributed by atoms with Crippen molar-refractivity contribution < 1.29 is 23.2 Å². The second-order valence-electron chi connectivity index (χ2n) is 12.0. The molecule has 3 aromatic carbocycles. The van der Waals surface area contributed by atoms with Crippen molar-refractivity contribution in [1.82, 2.24) is 5.32 Å². The first-order valence-electron chi connectivity index (χ1n) is 15.9. The minimum atomic E-state index is -0.840. The van der Waals surface area contributed by atoms with Gasteiger partial charge in [0.25, 0.3) is 5.91 Å². The molecule has 0 radical (unpaired) electrons. The molecule has 2 amide bonds. The Labute approximate surface area is 274 Å². The number of nitrogens with one attached hydrogen (secondary N) is 1. The number of carbonyl (C=O) groups excluding carboxylic acids is 3. The maximum atomic E-state index is 15.4. The Balaban J connectivity index is 1.29. The number of anilines is 2. The summed E-state index contributed by atoms with van der Waals surface area (Å²) in [7, 11) is 1.50. The molecule has 1 atom stereocenters. The Kier molecular flexibility index (Phi) is 10.6. The van der Waals surface area contributed by atoms with E-state index >= 15 is 4.39 Å². The van der Waals surface area contributed by atoms with E-state index in [0.29, 0.717) is 59.1 Å². The number of carbonyl (C=O) groups is 3. The number of allylic oxidation sites excluding steroid dienone is 3. The molecular weight excluding hydrogens is 598 g/mol. The largest absolute Gasteiger partial charge is 0.369 e. The van der Waals surface area contributed by atoms with Gasteiger partial charge in [0.15, 0.2) is 0 Å². The molecular formula is C38H38F2N4O3. The van der Waals surface area contributed by atoms with Crippen LogP contribution in [0.5, 0.6) is 0 Å².